The standard InChI is InChI=1S/C18H29N3O2/c1-18(2,16(22)19-12-8-14-21(3)4)17(23)20-13-11-15-9-6-5-7-10-15/h5-7,9-10H,8,11-14H2,1-4H3,(H,19,22)(H,20,23). The molecular weight excluding hydrogens is 290 g/mol. The zero-order valence-corrected chi connectivity index (χ0v) is 14.7. The fourth-order valence-corrected chi connectivity index (χ4v) is 2.11. The Bertz CT molecular complexity index is 498. The molecule has 1 rings (SSSR count). The van der Waals surface area contributed by atoms with Crippen LogP contribution in [0.1, 0.15) is 25.8 Å². The highest BCUT2D eigenvalue weighted by molar-refractivity contribution is 6.04. The molecule has 0 fully saturated rings. The summed E-state index contributed by atoms with van der Waals surface area (Å²) < 4.78 is 0. The summed E-state index contributed by atoms with van der Waals surface area (Å²) in [4.78, 5) is 26.5. The number of hydrogen-bond acceptors (Lipinski definition) is 3. The summed E-state index contributed by atoms with van der Waals surface area (Å²) in [6, 6.07) is 9.96. The smallest absolute Gasteiger partial charge is 0.235 e. The minimum absolute atomic E-state index is 0.228. The molecule has 0 radical (unpaired) electrons. The third kappa shape index (κ3) is 6.82. The van der Waals surface area contributed by atoms with Gasteiger partial charge in [-0.05, 0) is 52.9 Å². The van der Waals surface area contributed by atoms with Gasteiger partial charge in [0.05, 0.1) is 0 Å². The van der Waals surface area contributed by atoms with Crippen LogP contribution in [0.3, 0.4) is 0 Å². The normalized spacial score (nSPS) is 11.3. The molecule has 23 heavy (non-hydrogen) atoms. The van der Waals surface area contributed by atoms with Crippen LogP contribution in [0.2, 0.25) is 0 Å². The Morgan fingerprint density at radius 1 is 1.00 bits per heavy atom. The van der Waals surface area contributed by atoms with Gasteiger partial charge in [-0.25, -0.2) is 0 Å². The molecule has 5 nitrogen and oxygen atoms in total. The van der Waals surface area contributed by atoms with Crippen LogP contribution in [0.5, 0.6) is 0 Å². The van der Waals surface area contributed by atoms with E-state index in [-0.39, 0.29) is 11.8 Å². The van der Waals surface area contributed by atoms with Crippen molar-refractivity contribution in [1.82, 2.24) is 15.5 Å². The number of benzene rings is 1. The highest BCUT2D eigenvalue weighted by Crippen LogP contribution is 2.15. The minimum Gasteiger partial charge on any atom is -0.355 e. The topological polar surface area (TPSA) is 61.4 Å². The molecule has 0 saturated carbocycles. The van der Waals surface area contributed by atoms with Crippen LogP contribution >= 0.6 is 0 Å². The van der Waals surface area contributed by atoms with Crippen LogP contribution in [-0.2, 0) is 16.0 Å². The molecule has 128 valence electrons. The largest absolute Gasteiger partial charge is 0.355 e. The van der Waals surface area contributed by atoms with Gasteiger partial charge in [0.2, 0.25) is 11.8 Å². The van der Waals surface area contributed by atoms with E-state index in [4.69, 9.17) is 0 Å². The molecule has 0 heterocycles. The first-order valence-electron chi connectivity index (χ1n) is 8.09. The van der Waals surface area contributed by atoms with E-state index in [1.165, 1.54) is 5.56 Å². The average molecular weight is 319 g/mol. The van der Waals surface area contributed by atoms with Crippen LogP contribution in [-0.4, -0.2) is 50.4 Å². The van der Waals surface area contributed by atoms with Gasteiger partial charge in [0.15, 0.2) is 0 Å². The zero-order valence-electron chi connectivity index (χ0n) is 14.7. The molecule has 0 aliphatic carbocycles. The predicted octanol–water partition coefficient (Wildman–Crippen LogP) is 1.44. The zero-order chi connectivity index (χ0) is 17.3. The molecule has 5 heteroatoms. The van der Waals surface area contributed by atoms with Gasteiger partial charge >= 0.3 is 0 Å². The van der Waals surface area contributed by atoms with E-state index in [0.717, 1.165) is 19.4 Å². The fourth-order valence-electron chi connectivity index (χ4n) is 2.11. The minimum atomic E-state index is -1.06. The van der Waals surface area contributed by atoms with Crippen LogP contribution in [0.25, 0.3) is 0 Å². The Balaban J connectivity index is 2.35. The summed E-state index contributed by atoms with van der Waals surface area (Å²) in [6.45, 7) is 5.33. The number of rotatable bonds is 9. The van der Waals surface area contributed by atoms with E-state index in [0.29, 0.717) is 13.1 Å². The van der Waals surface area contributed by atoms with Crippen LogP contribution < -0.4 is 10.6 Å². The van der Waals surface area contributed by atoms with Gasteiger partial charge in [-0.3, -0.25) is 9.59 Å². The number of amides is 2. The molecule has 2 N–H and O–H groups in total. The van der Waals surface area contributed by atoms with E-state index < -0.39 is 5.41 Å². The molecule has 0 unspecified atom stereocenters. The molecule has 1 aromatic rings. The Morgan fingerprint density at radius 2 is 1.57 bits per heavy atom. The maximum Gasteiger partial charge on any atom is 0.235 e. The fraction of sp³-hybridized carbons (Fsp3) is 0.556. The monoisotopic (exact) mass is 319 g/mol. The maximum atomic E-state index is 12.3. The van der Waals surface area contributed by atoms with Gasteiger partial charge in [0.1, 0.15) is 5.41 Å². The molecule has 0 atom stereocenters. The van der Waals surface area contributed by atoms with Crippen LogP contribution in [0.4, 0.5) is 0 Å². The van der Waals surface area contributed by atoms with Crippen molar-refractivity contribution in [2.45, 2.75) is 26.7 Å². The summed E-state index contributed by atoms with van der Waals surface area (Å²) in [7, 11) is 3.98. The Hall–Kier alpha value is -1.88. The van der Waals surface area contributed by atoms with E-state index in [1.54, 1.807) is 13.8 Å². The van der Waals surface area contributed by atoms with Crippen molar-refractivity contribution < 1.29 is 9.59 Å². The molecule has 0 aliphatic rings. The second kappa shape index (κ2) is 9.30. The van der Waals surface area contributed by atoms with Gasteiger partial charge in [0, 0.05) is 13.1 Å². The molecule has 1 aromatic carbocycles. The Labute approximate surface area is 139 Å². The van der Waals surface area contributed by atoms with E-state index in [1.807, 2.05) is 44.4 Å². The summed E-state index contributed by atoms with van der Waals surface area (Å²) in [5.41, 5.74) is 0.105. The molecule has 0 saturated heterocycles. The van der Waals surface area contributed by atoms with E-state index in [2.05, 4.69) is 15.5 Å². The van der Waals surface area contributed by atoms with E-state index >= 15 is 0 Å². The first kappa shape index (κ1) is 19.2. The first-order chi connectivity index (χ1) is 10.8. The molecule has 2 amide bonds. The SMILES string of the molecule is CN(C)CCCNC(=O)C(C)(C)C(=O)NCCc1ccccc1. The summed E-state index contributed by atoms with van der Waals surface area (Å²) in [5, 5.41) is 5.69. The van der Waals surface area contributed by atoms with Crippen molar-refractivity contribution >= 4 is 11.8 Å². The van der Waals surface area contributed by atoms with Crippen molar-refractivity contribution in [3.63, 3.8) is 0 Å². The molecule has 0 aromatic heterocycles. The molecular formula is C18H29N3O2. The lowest BCUT2D eigenvalue weighted by atomic mass is 9.91. The van der Waals surface area contributed by atoms with Crippen LogP contribution in [0, 0.1) is 5.41 Å². The Kier molecular flexibility index (Phi) is 7.75. The van der Waals surface area contributed by atoms with Gasteiger partial charge in [0.25, 0.3) is 0 Å². The third-order valence-electron chi connectivity index (χ3n) is 3.75. The molecule has 0 spiro atoms. The summed E-state index contributed by atoms with van der Waals surface area (Å²) >= 11 is 0. The summed E-state index contributed by atoms with van der Waals surface area (Å²) in [5.74, 6) is -0.466. The highest BCUT2D eigenvalue weighted by Gasteiger charge is 2.35. The third-order valence-corrected chi connectivity index (χ3v) is 3.75. The van der Waals surface area contributed by atoms with Gasteiger partial charge in [-0.15, -0.1) is 0 Å². The van der Waals surface area contributed by atoms with Crippen molar-refractivity contribution in [3.05, 3.63) is 35.9 Å². The highest BCUT2D eigenvalue weighted by atomic mass is 16.2. The second-order valence-corrected chi connectivity index (χ2v) is 6.53. The lowest BCUT2D eigenvalue weighted by Crippen LogP contribution is -2.48. The van der Waals surface area contributed by atoms with Gasteiger partial charge in [-0.2, -0.15) is 0 Å². The second-order valence-electron chi connectivity index (χ2n) is 6.53. The average Bonchev–Trinajstić information content (AvgIpc) is 2.52. The van der Waals surface area contributed by atoms with Crippen molar-refractivity contribution in [2.24, 2.45) is 5.41 Å². The number of hydrogen-bond donors (Lipinski definition) is 2. The predicted molar refractivity (Wildman–Crippen MR) is 93.1 cm³/mol. The first-order valence-corrected chi connectivity index (χ1v) is 8.09. The molecule has 0 bridgehead atoms. The molecule has 0 aliphatic heterocycles. The number of carbonyl (C=O) groups excluding carboxylic acids is 2. The quantitative estimate of drug-likeness (QED) is 0.535. The number of nitrogens with one attached hydrogen (secondary N) is 2. The van der Waals surface area contributed by atoms with Gasteiger partial charge in [-0.1, -0.05) is 30.3 Å². The van der Waals surface area contributed by atoms with Crippen molar-refractivity contribution in [2.75, 3.05) is 33.7 Å². The van der Waals surface area contributed by atoms with E-state index in [9.17, 15) is 9.59 Å². The van der Waals surface area contributed by atoms with Gasteiger partial charge < -0.3 is 15.5 Å². The maximum absolute atomic E-state index is 12.3. The summed E-state index contributed by atoms with van der Waals surface area (Å²) in [6.07, 6.45) is 1.62. The number of carbonyl (C=O) groups is 2. The lowest BCUT2D eigenvalue weighted by Gasteiger charge is -2.23. The van der Waals surface area contributed by atoms with Crippen LogP contribution in [0.15, 0.2) is 30.3 Å². The Morgan fingerprint density at radius 3 is 2.13 bits per heavy atom. The van der Waals surface area contributed by atoms with Crippen molar-refractivity contribution in [3.8, 4) is 0 Å². The van der Waals surface area contributed by atoms with Crippen molar-refractivity contribution in [1.29, 1.82) is 0 Å². The number of nitrogens with zero attached hydrogens (tertiary/aromatic N) is 1. The lowest BCUT2D eigenvalue weighted by molar-refractivity contribution is -0.141.